The summed E-state index contributed by atoms with van der Waals surface area (Å²) in [6, 6.07) is 1.45. The summed E-state index contributed by atoms with van der Waals surface area (Å²) < 4.78 is 0. The van der Waals surface area contributed by atoms with Crippen molar-refractivity contribution in [3.63, 3.8) is 0 Å². The standard InChI is InChI=1S/C3H8Si.Zr/c1-3-4-2;/h3H2,1-2H3;/q;+2. The molecule has 0 amide bonds. The first kappa shape index (κ1) is 6.10. The molecule has 0 nitrogen and oxygen atoms in total. The van der Waals surface area contributed by atoms with E-state index >= 15 is 0 Å². The molecule has 0 aromatic carbocycles. The van der Waals surface area contributed by atoms with Crippen molar-refractivity contribution in [3.8, 4) is 0 Å². The second-order valence-electron chi connectivity index (χ2n) is 1.13. The predicted octanol–water partition coefficient (Wildman–Crippen LogP) is 1.17. The Morgan fingerprint density at radius 1 is 1.80 bits per heavy atom. The first-order valence-electron chi connectivity index (χ1n) is 1.81. The molecule has 0 N–H and O–H groups in total. The van der Waals surface area contributed by atoms with Crippen LogP contribution in [-0.2, 0) is 23.3 Å². The minimum absolute atomic E-state index is 0.216. The van der Waals surface area contributed by atoms with Crippen molar-refractivity contribution in [2.24, 2.45) is 0 Å². The summed E-state index contributed by atoms with van der Waals surface area (Å²) in [5.41, 5.74) is 0.216. The molecule has 0 spiro atoms. The molecular formula is C3H8SiZr+2. The van der Waals surface area contributed by atoms with E-state index in [1.54, 1.807) is 23.3 Å². The summed E-state index contributed by atoms with van der Waals surface area (Å²) in [6.07, 6.45) is 0. The maximum absolute atomic E-state index is 2.36. The summed E-state index contributed by atoms with van der Waals surface area (Å²) in [4.78, 5) is 0. The van der Waals surface area contributed by atoms with E-state index in [0.29, 0.717) is 0 Å². The third kappa shape index (κ3) is 5.10. The van der Waals surface area contributed by atoms with Gasteiger partial charge in [0.15, 0.2) is 0 Å². The van der Waals surface area contributed by atoms with Gasteiger partial charge in [0.05, 0.1) is 0 Å². The van der Waals surface area contributed by atoms with Gasteiger partial charge >= 0.3 is 48.3 Å². The zero-order valence-electron chi connectivity index (χ0n) is 3.71. The molecule has 5 heavy (non-hydrogen) atoms. The molecule has 0 rings (SSSR count). The van der Waals surface area contributed by atoms with E-state index in [1.807, 2.05) is 0 Å². The minimum atomic E-state index is 0.216. The van der Waals surface area contributed by atoms with Crippen molar-refractivity contribution in [2.45, 2.75) is 19.5 Å². The van der Waals surface area contributed by atoms with Crippen molar-refractivity contribution in [1.29, 1.82) is 0 Å². The quantitative estimate of drug-likeness (QED) is 0.509. The van der Waals surface area contributed by atoms with Crippen LogP contribution in [0.15, 0.2) is 0 Å². The molecule has 2 heteroatoms. The predicted molar refractivity (Wildman–Crippen MR) is 22.1 cm³/mol. The molecule has 0 atom stereocenters. The fourth-order valence-corrected chi connectivity index (χ4v) is 0. The average molecular weight is 163 g/mol. The number of rotatable bonds is 1. The summed E-state index contributed by atoms with van der Waals surface area (Å²) >= 11 is 1.77. The van der Waals surface area contributed by atoms with Gasteiger partial charge < -0.3 is 0 Å². The van der Waals surface area contributed by atoms with E-state index in [1.165, 1.54) is 6.04 Å². The molecule has 0 saturated heterocycles. The Bertz CT molecular complexity index is 42.2. The summed E-state index contributed by atoms with van der Waals surface area (Å²) in [6.45, 7) is 4.63. The Morgan fingerprint density at radius 3 is 2.00 bits per heavy atom. The second-order valence-corrected chi connectivity index (χ2v) is 9.70. The van der Waals surface area contributed by atoms with Crippen molar-refractivity contribution in [2.75, 3.05) is 0 Å². The maximum atomic E-state index is 2.36. The molecule has 0 aromatic heterocycles. The summed E-state index contributed by atoms with van der Waals surface area (Å²) in [5, 5.41) is 0. The van der Waals surface area contributed by atoms with Gasteiger partial charge in [0.2, 0.25) is 0 Å². The van der Waals surface area contributed by atoms with Gasteiger partial charge in [-0.2, -0.15) is 0 Å². The van der Waals surface area contributed by atoms with Crippen LogP contribution in [0.2, 0.25) is 12.6 Å². The van der Waals surface area contributed by atoms with E-state index in [4.69, 9.17) is 0 Å². The van der Waals surface area contributed by atoms with E-state index < -0.39 is 0 Å². The topological polar surface area (TPSA) is 0 Å². The molecule has 0 aliphatic rings. The van der Waals surface area contributed by atoms with Gasteiger partial charge in [-0.3, -0.25) is 0 Å². The van der Waals surface area contributed by atoms with Gasteiger partial charge in [0, 0.05) is 0 Å². The van der Waals surface area contributed by atoms with E-state index in [9.17, 15) is 0 Å². The van der Waals surface area contributed by atoms with Crippen LogP contribution in [0.1, 0.15) is 6.92 Å². The SMILES string of the molecule is CC[Si](C)=[Zr+2]. The van der Waals surface area contributed by atoms with Crippen LogP contribution in [-0.4, -0.2) is 5.43 Å². The molecule has 0 fully saturated rings. The number of hydrogen-bond acceptors (Lipinski definition) is 0. The van der Waals surface area contributed by atoms with Crippen LogP contribution >= 0.6 is 0 Å². The zero-order valence-corrected chi connectivity index (χ0v) is 7.17. The van der Waals surface area contributed by atoms with Crippen molar-refractivity contribution < 1.29 is 23.3 Å². The molecule has 0 aliphatic carbocycles. The monoisotopic (exact) mass is 162 g/mol. The van der Waals surface area contributed by atoms with Gasteiger partial charge in [0.25, 0.3) is 0 Å². The van der Waals surface area contributed by atoms with Crippen LogP contribution in [0.25, 0.3) is 0 Å². The van der Waals surface area contributed by atoms with Crippen molar-refractivity contribution in [1.82, 2.24) is 0 Å². The Kier molecular flexibility index (Phi) is 4.02. The van der Waals surface area contributed by atoms with E-state index in [-0.39, 0.29) is 5.43 Å². The zero-order chi connectivity index (χ0) is 4.28. The molecular weight excluding hydrogens is 155 g/mol. The normalized spacial score (nSPS) is 8.00. The van der Waals surface area contributed by atoms with E-state index in [0.717, 1.165) is 0 Å². The Balaban J connectivity index is 2.85. The molecule has 0 radical (unpaired) electrons. The third-order valence-electron chi connectivity index (χ3n) is 0.530. The van der Waals surface area contributed by atoms with Gasteiger partial charge in [0.1, 0.15) is 0 Å². The summed E-state index contributed by atoms with van der Waals surface area (Å²) in [7, 11) is 0. The Hall–Kier alpha value is 1.10. The number of hydrogen-bond donors (Lipinski definition) is 0. The van der Waals surface area contributed by atoms with Crippen molar-refractivity contribution >= 4 is 5.43 Å². The fraction of sp³-hybridized carbons (Fsp3) is 1.00. The molecule has 0 heterocycles. The van der Waals surface area contributed by atoms with Crippen molar-refractivity contribution in [3.05, 3.63) is 0 Å². The first-order valence-corrected chi connectivity index (χ1v) is 7.70. The molecule has 0 saturated carbocycles. The Labute approximate surface area is 48.3 Å². The fourth-order valence-electron chi connectivity index (χ4n) is 0. The average Bonchev–Trinajstić information content (AvgIpc) is 1.38. The molecule has 0 aliphatic heterocycles. The van der Waals surface area contributed by atoms with Gasteiger partial charge in [-0.1, -0.05) is 0 Å². The van der Waals surface area contributed by atoms with Crippen LogP contribution in [0.4, 0.5) is 0 Å². The van der Waals surface area contributed by atoms with Gasteiger partial charge in [-0.25, -0.2) is 0 Å². The van der Waals surface area contributed by atoms with Crippen LogP contribution < -0.4 is 0 Å². The van der Waals surface area contributed by atoms with Gasteiger partial charge in [-0.15, -0.1) is 0 Å². The second kappa shape index (κ2) is 3.30. The van der Waals surface area contributed by atoms with E-state index in [2.05, 4.69) is 13.5 Å². The molecule has 0 aromatic rings. The third-order valence-corrected chi connectivity index (χ3v) is 4.20. The van der Waals surface area contributed by atoms with Crippen LogP contribution in [0.5, 0.6) is 0 Å². The van der Waals surface area contributed by atoms with Crippen LogP contribution in [0.3, 0.4) is 0 Å². The molecule has 26 valence electrons. The first-order chi connectivity index (χ1) is 2.27. The Morgan fingerprint density at radius 2 is 2.00 bits per heavy atom. The molecule has 0 unspecified atom stereocenters. The van der Waals surface area contributed by atoms with Gasteiger partial charge in [-0.05, 0) is 0 Å². The summed E-state index contributed by atoms with van der Waals surface area (Å²) in [5.74, 6) is 0. The van der Waals surface area contributed by atoms with Crippen LogP contribution in [0, 0.1) is 0 Å². The molecule has 0 bridgehead atoms.